The predicted octanol–water partition coefficient (Wildman–Crippen LogP) is 2.63. The molecule has 3 N–H and O–H groups in total. The van der Waals surface area contributed by atoms with Gasteiger partial charge in [0.25, 0.3) is 0 Å². The molecule has 0 fully saturated rings. The maximum absolute atomic E-state index is 11.6. The summed E-state index contributed by atoms with van der Waals surface area (Å²) in [7, 11) is 0. The molecule has 0 spiro atoms. The Bertz CT molecular complexity index is 554. The number of nitrogens with one attached hydrogen (secondary N) is 2. The number of hydrogen-bond acceptors (Lipinski definition) is 4. The van der Waals surface area contributed by atoms with E-state index in [9.17, 15) is 4.79 Å². The van der Waals surface area contributed by atoms with Crippen LogP contribution in [0.2, 0.25) is 0 Å². The summed E-state index contributed by atoms with van der Waals surface area (Å²) in [6, 6.07) is 10.9. The number of aromatic nitrogens is 1. The van der Waals surface area contributed by atoms with Crippen LogP contribution < -0.4 is 10.6 Å². The fraction of sp³-hybridized carbons (Fsp3) is 0.333. The first-order valence-electron chi connectivity index (χ1n) is 6.97. The summed E-state index contributed by atoms with van der Waals surface area (Å²) < 4.78 is 5.19. The number of nitrogens with zero attached hydrogens (tertiary/aromatic N) is 1. The van der Waals surface area contributed by atoms with Crippen LogP contribution in [0.3, 0.4) is 0 Å². The van der Waals surface area contributed by atoms with Crippen molar-refractivity contribution < 1.29 is 14.4 Å². The van der Waals surface area contributed by atoms with E-state index in [1.807, 2.05) is 30.3 Å². The average Bonchev–Trinajstić information content (AvgIpc) is 2.96. The zero-order chi connectivity index (χ0) is 14.9. The van der Waals surface area contributed by atoms with E-state index in [4.69, 9.17) is 9.63 Å². The summed E-state index contributed by atoms with van der Waals surface area (Å²) in [4.78, 5) is 11.6. The SMILES string of the molecule is O=C(NCCCCCO)Nc1cc(-c2ccccc2)on1. The molecular weight excluding hydrogens is 270 g/mol. The molecule has 1 aromatic heterocycles. The smallest absolute Gasteiger partial charge is 0.320 e. The lowest BCUT2D eigenvalue weighted by Gasteiger charge is -2.04. The molecule has 6 nitrogen and oxygen atoms in total. The van der Waals surface area contributed by atoms with Gasteiger partial charge in [0.1, 0.15) is 0 Å². The number of hydrogen-bond donors (Lipinski definition) is 3. The van der Waals surface area contributed by atoms with Gasteiger partial charge < -0.3 is 14.9 Å². The van der Waals surface area contributed by atoms with Gasteiger partial charge in [-0.3, -0.25) is 5.32 Å². The van der Waals surface area contributed by atoms with Crippen molar-refractivity contribution in [3.8, 4) is 11.3 Å². The Labute approximate surface area is 123 Å². The fourth-order valence-electron chi connectivity index (χ4n) is 1.85. The van der Waals surface area contributed by atoms with E-state index in [1.165, 1.54) is 0 Å². The highest BCUT2D eigenvalue weighted by Gasteiger charge is 2.08. The summed E-state index contributed by atoms with van der Waals surface area (Å²) in [6.07, 6.45) is 2.48. The standard InChI is InChI=1S/C15H19N3O3/c19-10-6-2-5-9-16-15(20)17-14-11-13(21-18-14)12-7-3-1-4-8-12/h1,3-4,7-8,11,19H,2,5-6,9-10H2,(H2,16,17,18,20). The van der Waals surface area contributed by atoms with Crippen molar-refractivity contribution in [3.05, 3.63) is 36.4 Å². The van der Waals surface area contributed by atoms with Gasteiger partial charge in [-0.05, 0) is 19.3 Å². The van der Waals surface area contributed by atoms with Gasteiger partial charge in [-0.2, -0.15) is 0 Å². The van der Waals surface area contributed by atoms with Crippen molar-refractivity contribution in [2.75, 3.05) is 18.5 Å². The first-order valence-corrected chi connectivity index (χ1v) is 6.97. The van der Waals surface area contributed by atoms with Crippen LogP contribution >= 0.6 is 0 Å². The van der Waals surface area contributed by atoms with Crippen molar-refractivity contribution in [1.82, 2.24) is 10.5 Å². The third-order valence-electron chi connectivity index (χ3n) is 2.93. The number of aliphatic hydroxyl groups is 1. The van der Waals surface area contributed by atoms with Crippen LogP contribution in [-0.2, 0) is 0 Å². The molecule has 0 bridgehead atoms. The second-order valence-corrected chi connectivity index (χ2v) is 4.61. The number of unbranched alkanes of at least 4 members (excludes halogenated alkanes) is 2. The van der Waals surface area contributed by atoms with E-state index in [0.717, 1.165) is 24.8 Å². The second-order valence-electron chi connectivity index (χ2n) is 4.61. The predicted molar refractivity (Wildman–Crippen MR) is 79.9 cm³/mol. The Morgan fingerprint density at radius 3 is 2.76 bits per heavy atom. The zero-order valence-electron chi connectivity index (χ0n) is 11.7. The Kier molecular flexibility index (Phi) is 5.78. The zero-order valence-corrected chi connectivity index (χ0v) is 11.7. The molecule has 21 heavy (non-hydrogen) atoms. The molecule has 2 rings (SSSR count). The quantitative estimate of drug-likeness (QED) is 0.684. The van der Waals surface area contributed by atoms with E-state index in [2.05, 4.69) is 15.8 Å². The van der Waals surface area contributed by atoms with Crippen LogP contribution in [0, 0.1) is 0 Å². The molecule has 6 heteroatoms. The number of carbonyl (C=O) groups is 1. The Morgan fingerprint density at radius 2 is 2.00 bits per heavy atom. The number of urea groups is 1. The van der Waals surface area contributed by atoms with Gasteiger partial charge in [-0.25, -0.2) is 4.79 Å². The number of rotatable bonds is 7. The van der Waals surface area contributed by atoms with Crippen molar-refractivity contribution in [3.63, 3.8) is 0 Å². The molecule has 0 aliphatic carbocycles. The minimum absolute atomic E-state index is 0.188. The Morgan fingerprint density at radius 1 is 1.19 bits per heavy atom. The van der Waals surface area contributed by atoms with E-state index in [0.29, 0.717) is 18.1 Å². The lowest BCUT2D eigenvalue weighted by Crippen LogP contribution is -2.29. The molecule has 0 atom stereocenters. The minimum Gasteiger partial charge on any atom is -0.396 e. The minimum atomic E-state index is -0.313. The first kappa shape index (κ1) is 15.1. The highest BCUT2D eigenvalue weighted by atomic mass is 16.5. The van der Waals surface area contributed by atoms with Crippen molar-refractivity contribution in [2.24, 2.45) is 0 Å². The number of anilines is 1. The molecule has 1 heterocycles. The summed E-state index contributed by atoms with van der Waals surface area (Å²) in [5.74, 6) is 0.982. The topological polar surface area (TPSA) is 87.4 Å². The van der Waals surface area contributed by atoms with Gasteiger partial charge in [0.05, 0.1) is 0 Å². The maximum Gasteiger partial charge on any atom is 0.320 e. The van der Waals surface area contributed by atoms with Crippen LogP contribution in [0.5, 0.6) is 0 Å². The van der Waals surface area contributed by atoms with E-state index in [-0.39, 0.29) is 12.6 Å². The Hall–Kier alpha value is -2.34. The van der Waals surface area contributed by atoms with Crippen LogP contribution in [0.4, 0.5) is 10.6 Å². The van der Waals surface area contributed by atoms with Crippen molar-refractivity contribution in [2.45, 2.75) is 19.3 Å². The third-order valence-corrected chi connectivity index (χ3v) is 2.93. The van der Waals surface area contributed by atoms with Gasteiger partial charge in [-0.1, -0.05) is 35.5 Å². The average molecular weight is 289 g/mol. The van der Waals surface area contributed by atoms with Crippen molar-refractivity contribution >= 4 is 11.8 Å². The van der Waals surface area contributed by atoms with Gasteiger partial charge in [-0.15, -0.1) is 0 Å². The number of amides is 2. The summed E-state index contributed by atoms with van der Waals surface area (Å²) in [5.41, 5.74) is 0.905. The van der Waals surface area contributed by atoms with Crippen molar-refractivity contribution in [1.29, 1.82) is 0 Å². The molecular formula is C15H19N3O3. The summed E-state index contributed by atoms with van der Waals surface area (Å²) in [6.45, 7) is 0.753. The van der Waals surface area contributed by atoms with Gasteiger partial charge in [0.2, 0.25) is 0 Å². The molecule has 2 amide bonds. The highest BCUT2D eigenvalue weighted by molar-refractivity contribution is 5.88. The van der Waals surface area contributed by atoms with E-state index < -0.39 is 0 Å². The van der Waals surface area contributed by atoms with Gasteiger partial charge in [0.15, 0.2) is 11.6 Å². The summed E-state index contributed by atoms with van der Waals surface area (Å²) >= 11 is 0. The van der Waals surface area contributed by atoms with Gasteiger partial charge in [0, 0.05) is 24.8 Å². The monoisotopic (exact) mass is 289 g/mol. The fourth-order valence-corrected chi connectivity index (χ4v) is 1.85. The molecule has 0 aliphatic rings. The van der Waals surface area contributed by atoms with Crippen LogP contribution in [0.1, 0.15) is 19.3 Å². The highest BCUT2D eigenvalue weighted by Crippen LogP contribution is 2.21. The van der Waals surface area contributed by atoms with Crippen LogP contribution in [0.25, 0.3) is 11.3 Å². The van der Waals surface area contributed by atoms with E-state index in [1.54, 1.807) is 6.07 Å². The molecule has 112 valence electrons. The van der Waals surface area contributed by atoms with Crippen LogP contribution in [-0.4, -0.2) is 29.4 Å². The van der Waals surface area contributed by atoms with E-state index >= 15 is 0 Å². The largest absolute Gasteiger partial charge is 0.396 e. The third kappa shape index (κ3) is 4.92. The lowest BCUT2D eigenvalue weighted by atomic mass is 10.2. The maximum atomic E-state index is 11.6. The number of carbonyl (C=O) groups excluding carboxylic acids is 1. The molecule has 0 radical (unpaired) electrons. The molecule has 0 unspecified atom stereocenters. The second kappa shape index (κ2) is 8.06. The lowest BCUT2D eigenvalue weighted by molar-refractivity contribution is 0.251. The number of aliphatic hydroxyl groups excluding tert-OH is 1. The van der Waals surface area contributed by atoms with Gasteiger partial charge >= 0.3 is 6.03 Å². The summed E-state index contributed by atoms with van der Waals surface area (Å²) in [5, 5.41) is 17.8. The molecule has 2 aromatic rings. The first-order chi connectivity index (χ1) is 10.3. The molecule has 1 aromatic carbocycles. The normalized spacial score (nSPS) is 10.3. The Balaban J connectivity index is 1.78. The number of benzene rings is 1. The molecule has 0 saturated carbocycles. The molecule has 0 saturated heterocycles. The molecule has 0 aliphatic heterocycles. The van der Waals surface area contributed by atoms with Crippen LogP contribution in [0.15, 0.2) is 40.9 Å².